The maximum atomic E-state index is 13.1. The SMILES string of the molecule is Fc1ccc(N[C@H]2c3ccccc3O[C@H]3OCC[C@H]32)cc1. The van der Waals surface area contributed by atoms with E-state index in [1.165, 1.54) is 12.1 Å². The second kappa shape index (κ2) is 5.04. The van der Waals surface area contributed by atoms with Crippen LogP contribution in [-0.4, -0.2) is 12.9 Å². The summed E-state index contributed by atoms with van der Waals surface area (Å²) >= 11 is 0. The van der Waals surface area contributed by atoms with E-state index in [0.29, 0.717) is 6.61 Å². The third kappa shape index (κ3) is 2.25. The van der Waals surface area contributed by atoms with Gasteiger partial charge in [0.1, 0.15) is 11.6 Å². The topological polar surface area (TPSA) is 30.5 Å². The van der Waals surface area contributed by atoms with Crippen molar-refractivity contribution in [2.24, 2.45) is 5.92 Å². The standard InChI is InChI=1S/C17H16FNO2/c18-11-5-7-12(8-6-11)19-16-13-3-1-2-4-15(13)21-17-14(16)9-10-20-17/h1-8,14,16-17,19H,9-10H2/t14-,16-,17+/m0/s1. The van der Waals surface area contributed by atoms with Gasteiger partial charge in [-0.25, -0.2) is 4.39 Å². The molecule has 108 valence electrons. The summed E-state index contributed by atoms with van der Waals surface area (Å²) in [6.45, 7) is 0.713. The predicted octanol–water partition coefficient (Wildman–Crippen LogP) is 3.73. The number of nitrogens with one attached hydrogen (secondary N) is 1. The zero-order valence-electron chi connectivity index (χ0n) is 11.5. The number of ether oxygens (including phenoxy) is 2. The second-order valence-electron chi connectivity index (χ2n) is 5.48. The van der Waals surface area contributed by atoms with E-state index in [-0.39, 0.29) is 24.1 Å². The molecule has 2 aromatic rings. The van der Waals surface area contributed by atoms with Crippen LogP contribution in [0, 0.1) is 11.7 Å². The van der Waals surface area contributed by atoms with E-state index in [1.54, 1.807) is 12.1 Å². The van der Waals surface area contributed by atoms with Crippen LogP contribution in [0.1, 0.15) is 18.0 Å². The fourth-order valence-corrected chi connectivity index (χ4v) is 3.14. The number of halogens is 1. The lowest BCUT2D eigenvalue weighted by Crippen LogP contribution is -2.36. The number of hydrogen-bond donors (Lipinski definition) is 1. The lowest BCUT2D eigenvalue weighted by atomic mass is 9.88. The molecule has 0 unspecified atom stereocenters. The third-order valence-corrected chi connectivity index (χ3v) is 4.17. The highest BCUT2D eigenvalue weighted by Crippen LogP contribution is 2.44. The maximum absolute atomic E-state index is 13.1. The largest absolute Gasteiger partial charge is 0.464 e. The summed E-state index contributed by atoms with van der Waals surface area (Å²) in [6, 6.07) is 14.6. The van der Waals surface area contributed by atoms with Gasteiger partial charge in [0.05, 0.1) is 12.6 Å². The number of hydrogen-bond acceptors (Lipinski definition) is 3. The molecule has 1 N–H and O–H groups in total. The van der Waals surface area contributed by atoms with Gasteiger partial charge in [0.15, 0.2) is 0 Å². The van der Waals surface area contributed by atoms with Crippen molar-refractivity contribution in [3.05, 3.63) is 59.9 Å². The minimum Gasteiger partial charge on any atom is -0.464 e. The summed E-state index contributed by atoms with van der Waals surface area (Å²) in [4.78, 5) is 0. The second-order valence-corrected chi connectivity index (χ2v) is 5.48. The fourth-order valence-electron chi connectivity index (χ4n) is 3.14. The van der Waals surface area contributed by atoms with Crippen LogP contribution in [0.3, 0.4) is 0 Å². The first-order chi connectivity index (χ1) is 10.3. The normalized spacial score (nSPS) is 26.6. The van der Waals surface area contributed by atoms with Gasteiger partial charge in [-0.15, -0.1) is 0 Å². The zero-order chi connectivity index (χ0) is 14.2. The van der Waals surface area contributed by atoms with Crippen molar-refractivity contribution in [3.8, 4) is 5.75 Å². The van der Waals surface area contributed by atoms with E-state index in [1.807, 2.05) is 18.2 Å². The van der Waals surface area contributed by atoms with Gasteiger partial charge in [-0.05, 0) is 36.8 Å². The number of anilines is 1. The van der Waals surface area contributed by atoms with Crippen molar-refractivity contribution in [2.75, 3.05) is 11.9 Å². The van der Waals surface area contributed by atoms with E-state index in [2.05, 4.69) is 11.4 Å². The molecule has 3 atom stereocenters. The molecule has 0 bridgehead atoms. The maximum Gasteiger partial charge on any atom is 0.205 e. The monoisotopic (exact) mass is 285 g/mol. The highest BCUT2D eigenvalue weighted by Gasteiger charge is 2.42. The molecule has 2 aliphatic heterocycles. The predicted molar refractivity (Wildman–Crippen MR) is 77.7 cm³/mol. The summed E-state index contributed by atoms with van der Waals surface area (Å²) in [5, 5.41) is 3.51. The summed E-state index contributed by atoms with van der Waals surface area (Å²) in [5.41, 5.74) is 2.04. The summed E-state index contributed by atoms with van der Waals surface area (Å²) in [5.74, 6) is 0.903. The lowest BCUT2D eigenvalue weighted by Gasteiger charge is -2.35. The molecule has 2 aromatic carbocycles. The molecular weight excluding hydrogens is 269 g/mol. The van der Waals surface area contributed by atoms with Crippen LogP contribution in [0.25, 0.3) is 0 Å². The summed E-state index contributed by atoms with van der Waals surface area (Å²) in [6.07, 6.45) is 0.760. The van der Waals surface area contributed by atoms with Crippen molar-refractivity contribution >= 4 is 5.69 Å². The number of para-hydroxylation sites is 1. The summed E-state index contributed by atoms with van der Waals surface area (Å²) < 4.78 is 24.7. The number of benzene rings is 2. The Bertz CT molecular complexity index is 643. The Morgan fingerprint density at radius 2 is 1.86 bits per heavy atom. The molecule has 0 aliphatic carbocycles. The Morgan fingerprint density at radius 3 is 2.71 bits per heavy atom. The zero-order valence-corrected chi connectivity index (χ0v) is 11.5. The molecule has 0 saturated carbocycles. The molecule has 4 heteroatoms. The van der Waals surface area contributed by atoms with Gasteiger partial charge >= 0.3 is 0 Å². The van der Waals surface area contributed by atoms with Gasteiger partial charge in [0, 0.05) is 17.2 Å². The molecule has 0 spiro atoms. The quantitative estimate of drug-likeness (QED) is 0.912. The highest BCUT2D eigenvalue weighted by atomic mass is 19.1. The smallest absolute Gasteiger partial charge is 0.205 e. The van der Waals surface area contributed by atoms with Crippen LogP contribution < -0.4 is 10.1 Å². The van der Waals surface area contributed by atoms with Gasteiger partial charge in [0.25, 0.3) is 0 Å². The van der Waals surface area contributed by atoms with E-state index in [9.17, 15) is 4.39 Å². The van der Waals surface area contributed by atoms with Crippen LogP contribution in [0.5, 0.6) is 5.75 Å². The molecule has 1 fully saturated rings. The molecule has 2 heterocycles. The average Bonchev–Trinajstić information content (AvgIpc) is 2.97. The van der Waals surface area contributed by atoms with Crippen LogP contribution in [-0.2, 0) is 4.74 Å². The van der Waals surface area contributed by atoms with E-state index in [0.717, 1.165) is 23.4 Å². The van der Waals surface area contributed by atoms with Gasteiger partial charge in [-0.2, -0.15) is 0 Å². The molecule has 4 rings (SSSR count). The molecular formula is C17H16FNO2. The average molecular weight is 285 g/mol. The van der Waals surface area contributed by atoms with Crippen LogP contribution in [0.15, 0.2) is 48.5 Å². The first-order valence-corrected chi connectivity index (χ1v) is 7.20. The van der Waals surface area contributed by atoms with Crippen LogP contribution in [0.4, 0.5) is 10.1 Å². The van der Waals surface area contributed by atoms with E-state index < -0.39 is 0 Å². The first kappa shape index (κ1) is 12.7. The van der Waals surface area contributed by atoms with Crippen molar-refractivity contribution in [3.63, 3.8) is 0 Å². The van der Waals surface area contributed by atoms with Gasteiger partial charge in [-0.3, -0.25) is 0 Å². The number of fused-ring (bicyclic) bond motifs is 2. The van der Waals surface area contributed by atoms with Gasteiger partial charge < -0.3 is 14.8 Å². The Morgan fingerprint density at radius 1 is 1.05 bits per heavy atom. The van der Waals surface area contributed by atoms with Crippen molar-refractivity contribution < 1.29 is 13.9 Å². The minimum atomic E-state index is -0.227. The van der Waals surface area contributed by atoms with Gasteiger partial charge in [-0.1, -0.05) is 18.2 Å². The van der Waals surface area contributed by atoms with E-state index in [4.69, 9.17) is 9.47 Å². The Kier molecular flexibility index (Phi) is 3.04. The first-order valence-electron chi connectivity index (χ1n) is 7.20. The van der Waals surface area contributed by atoms with Crippen LogP contribution in [0.2, 0.25) is 0 Å². The number of rotatable bonds is 2. The molecule has 0 radical (unpaired) electrons. The molecule has 2 aliphatic rings. The van der Waals surface area contributed by atoms with Crippen LogP contribution >= 0.6 is 0 Å². The Balaban J connectivity index is 1.69. The highest BCUT2D eigenvalue weighted by molar-refractivity contribution is 5.49. The van der Waals surface area contributed by atoms with E-state index >= 15 is 0 Å². The Labute approximate surface area is 122 Å². The molecule has 0 aromatic heterocycles. The Hall–Kier alpha value is -2.07. The molecule has 1 saturated heterocycles. The van der Waals surface area contributed by atoms with Gasteiger partial charge in [0.2, 0.25) is 6.29 Å². The summed E-state index contributed by atoms with van der Waals surface area (Å²) in [7, 11) is 0. The molecule has 21 heavy (non-hydrogen) atoms. The van der Waals surface area contributed by atoms with Crippen molar-refractivity contribution in [2.45, 2.75) is 18.8 Å². The molecule has 0 amide bonds. The fraction of sp³-hybridized carbons (Fsp3) is 0.294. The van der Waals surface area contributed by atoms with Crippen molar-refractivity contribution in [1.29, 1.82) is 0 Å². The third-order valence-electron chi connectivity index (χ3n) is 4.17. The molecule has 3 nitrogen and oxygen atoms in total. The van der Waals surface area contributed by atoms with Crippen molar-refractivity contribution in [1.82, 2.24) is 0 Å². The lowest BCUT2D eigenvalue weighted by molar-refractivity contribution is -0.0747. The minimum absolute atomic E-state index is 0.118.